The third-order valence-electron chi connectivity index (χ3n) is 14.7. The van der Waals surface area contributed by atoms with Crippen LogP contribution < -0.4 is 5.32 Å². The first-order valence-corrected chi connectivity index (χ1v) is 32.0. The van der Waals surface area contributed by atoms with E-state index in [0.717, 1.165) is 44.9 Å². The van der Waals surface area contributed by atoms with E-state index in [1.165, 1.54) is 276 Å². The molecule has 0 spiro atoms. The molecule has 0 aromatic heterocycles. The van der Waals surface area contributed by atoms with Crippen LogP contribution in [0.5, 0.6) is 0 Å². The van der Waals surface area contributed by atoms with Gasteiger partial charge in [-0.25, -0.2) is 0 Å². The summed E-state index contributed by atoms with van der Waals surface area (Å²) < 4.78 is 0. The highest BCUT2D eigenvalue weighted by molar-refractivity contribution is 5.76. The summed E-state index contributed by atoms with van der Waals surface area (Å²) in [5, 5.41) is 23.2. The number of unbranched alkanes of at least 4 members (excludes halogenated alkanes) is 44. The lowest BCUT2D eigenvalue weighted by Crippen LogP contribution is -2.45. The lowest BCUT2D eigenvalue weighted by Gasteiger charge is -2.19. The third kappa shape index (κ3) is 58.8. The Morgan fingerprint density at radius 2 is 0.592 bits per heavy atom. The van der Waals surface area contributed by atoms with Crippen molar-refractivity contribution in [1.82, 2.24) is 5.32 Å². The summed E-state index contributed by atoms with van der Waals surface area (Å²) in [4.78, 5) is 12.5. The van der Waals surface area contributed by atoms with Crippen LogP contribution in [0.4, 0.5) is 0 Å². The molecule has 0 fully saturated rings. The van der Waals surface area contributed by atoms with Gasteiger partial charge >= 0.3 is 0 Å². The normalized spacial score (nSPS) is 13.1. The molecule has 0 radical (unpaired) electrons. The van der Waals surface area contributed by atoms with Gasteiger partial charge < -0.3 is 15.5 Å². The van der Waals surface area contributed by atoms with E-state index >= 15 is 0 Å². The van der Waals surface area contributed by atoms with Gasteiger partial charge in [-0.3, -0.25) is 4.79 Å². The Morgan fingerprint density at radius 3 is 0.901 bits per heavy atom. The van der Waals surface area contributed by atoms with Crippen molar-refractivity contribution >= 4 is 5.91 Å². The number of carbonyl (C=O) groups is 1. The minimum Gasteiger partial charge on any atom is -0.394 e. The van der Waals surface area contributed by atoms with E-state index in [-0.39, 0.29) is 12.5 Å². The summed E-state index contributed by atoms with van der Waals surface area (Å²) in [6.45, 7) is 4.31. The largest absolute Gasteiger partial charge is 0.394 e. The zero-order chi connectivity index (χ0) is 51.3. The van der Waals surface area contributed by atoms with Crippen LogP contribution in [-0.4, -0.2) is 34.9 Å². The van der Waals surface area contributed by atoms with E-state index in [1.807, 2.05) is 6.08 Å². The Bertz CT molecular complexity index is 1170. The van der Waals surface area contributed by atoms with Crippen molar-refractivity contribution in [2.45, 2.75) is 353 Å². The summed E-state index contributed by atoms with van der Waals surface area (Å²) in [6, 6.07) is -0.646. The number of aliphatic hydroxyl groups excluding tert-OH is 2. The molecule has 4 heteroatoms. The highest BCUT2D eigenvalue weighted by Crippen LogP contribution is 2.18. The van der Waals surface area contributed by atoms with Gasteiger partial charge in [0.05, 0.1) is 18.8 Å². The first kappa shape index (κ1) is 69.1. The molecule has 0 rings (SSSR count). The highest BCUT2D eigenvalue weighted by atomic mass is 16.3. The van der Waals surface area contributed by atoms with Crippen molar-refractivity contribution in [1.29, 1.82) is 0 Å². The maximum Gasteiger partial charge on any atom is 0.220 e. The Balaban J connectivity index is 3.44. The van der Waals surface area contributed by atoms with E-state index < -0.39 is 12.1 Å². The molecule has 0 aliphatic carbocycles. The average Bonchev–Trinajstić information content (AvgIpc) is 3.37. The third-order valence-corrected chi connectivity index (χ3v) is 14.7. The number of amides is 1. The minimum absolute atomic E-state index is 0.0727. The predicted molar refractivity (Wildman–Crippen MR) is 318 cm³/mol. The molecule has 0 aliphatic heterocycles. The molecule has 0 bridgehead atoms. The molecule has 2 unspecified atom stereocenters. The van der Waals surface area contributed by atoms with Crippen molar-refractivity contribution in [3.63, 3.8) is 0 Å². The van der Waals surface area contributed by atoms with Crippen molar-refractivity contribution in [3.05, 3.63) is 60.8 Å². The smallest absolute Gasteiger partial charge is 0.220 e. The van der Waals surface area contributed by atoms with E-state index in [4.69, 9.17) is 0 Å². The zero-order valence-electron chi connectivity index (χ0n) is 48.0. The van der Waals surface area contributed by atoms with Gasteiger partial charge in [0, 0.05) is 6.42 Å². The van der Waals surface area contributed by atoms with Crippen molar-refractivity contribution in [2.75, 3.05) is 6.61 Å². The fourth-order valence-electron chi connectivity index (χ4n) is 9.83. The number of allylic oxidation sites excluding steroid dienone is 9. The van der Waals surface area contributed by atoms with Crippen LogP contribution in [0, 0.1) is 0 Å². The molecule has 2 atom stereocenters. The number of hydrogen-bond donors (Lipinski definition) is 3. The quantitative estimate of drug-likeness (QED) is 0.0420. The van der Waals surface area contributed by atoms with Gasteiger partial charge in [-0.2, -0.15) is 0 Å². The molecule has 0 saturated heterocycles. The summed E-state index contributed by atoms with van der Waals surface area (Å²) in [5.74, 6) is -0.0727. The Hall–Kier alpha value is -1.91. The molecular formula is C67H125NO3. The van der Waals surface area contributed by atoms with Gasteiger partial charge in [0.1, 0.15) is 0 Å². The summed E-state index contributed by atoms with van der Waals surface area (Å²) >= 11 is 0. The topological polar surface area (TPSA) is 69.6 Å². The summed E-state index contributed by atoms with van der Waals surface area (Å²) in [6.07, 6.45) is 88.6. The summed E-state index contributed by atoms with van der Waals surface area (Å²) in [7, 11) is 0. The molecule has 0 heterocycles. The lowest BCUT2D eigenvalue weighted by atomic mass is 10.0. The Morgan fingerprint density at radius 1 is 0.338 bits per heavy atom. The Labute approximate surface area is 445 Å². The van der Waals surface area contributed by atoms with Gasteiger partial charge in [-0.05, 0) is 77.0 Å². The fraction of sp³-hybridized carbons (Fsp3) is 0.836. The van der Waals surface area contributed by atoms with E-state index in [1.54, 1.807) is 6.08 Å². The predicted octanol–water partition coefficient (Wildman–Crippen LogP) is 21.5. The van der Waals surface area contributed by atoms with Gasteiger partial charge in [0.25, 0.3) is 0 Å². The molecule has 71 heavy (non-hydrogen) atoms. The molecular weight excluding hydrogens is 867 g/mol. The number of aliphatic hydroxyl groups is 2. The van der Waals surface area contributed by atoms with Gasteiger partial charge in [-0.1, -0.05) is 319 Å². The maximum absolute atomic E-state index is 12.5. The second-order valence-electron chi connectivity index (χ2n) is 21.8. The van der Waals surface area contributed by atoms with E-state index in [0.29, 0.717) is 6.42 Å². The van der Waals surface area contributed by atoms with Crippen molar-refractivity contribution < 1.29 is 15.0 Å². The van der Waals surface area contributed by atoms with Crippen molar-refractivity contribution in [2.24, 2.45) is 0 Å². The van der Waals surface area contributed by atoms with Crippen LogP contribution in [-0.2, 0) is 4.79 Å². The van der Waals surface area contributed by atoms with Crippen LogP contribution in [0.2, 0.25) is 0 Å². The molecule has 0 aromatic carbocycles. The molecule has 1 amide bonds. The van der Waals surface area contributed by atoms with Gasteiger partial charge in [-0.15, -0.1) is 0 Å². The number of hydrogen-bond acceptors (Lipinski definition) is 3. The molecule has 0 aromatic rings. The number of carbonyl (C=O) groups excluding carboxylic acids is 1. The van der Waals surface area contributed by atoms with Crippen LogP contribution in [0.15, 0.2) is 60.8 Å². The maximum atomic E-state index is 12.5. The molecule has 3 N–H and O–H groups in total. The monoisotopic (exact) mass is 992 g/mol. The van der Waals surface area contributed by atoms with Crippen LogP contribution in [0.1, 0.15) is 341 Å². The molecule has 0 aliphatic rings. The standard InChI is InChI=1S/C67H125NO3/c1-3-5-7-9-11-13-15-17-19-21-23-25-26-27-28-29-30-31-32-33-34-35-36-37-38-39-40-41-42-43-45-47-49-51-53-55-57-59-61-63-67(71)68-65(64-69)66(70)62-60-58-56-54-52-50-48-46-44-24-22-20-18-16-14-12-10-8-6-4-2/h15,17,21,23,44,46,52,54,60,62,65-66,69-70H,3-14,16,18-20,22,24-43,45,47-51,53,55-59,61,63-64H2,1-2H3,(H,68,71)/b17-15-,23-21-,46-44+,54-52+,62-60+. The second kappa shape index (κ2) is 62.4. The summed E-state index contributed by atoms with van der Waals surface area (Å²) in [5.41, 5.74) is 0. The SMILES string of the molecule is CCCCCCC/C=C\C/C=C\CCCCCCCCCCCCCCCCCCCCCCCCCCCCCC(=O)NC(CO)C(O)/C=C/CC/C=C/CC/C=C/CCCCCCCCCCCC. The van der Waals surface area contributed by atoms with Crippen LogP contribution in [0.25, 0.3) is 0 Å². The highest BCUT2D eigenvalue weighted by Gasteiger charge is 2.18. The van der Waals surface area contributed by atoms with E-state index in [2.05, 4.69) is 67.8 Å². The molecule has 416 valence electrons. The zero-order valence-corrected chi connectivity index (χ0v) is 48.0. The number of rotatable bonds is 59. The van der Waals surface area contributed by atoms with Gasteiger partial charge in [0.15, 0.2) is 0 Å². The van der Waals surface area contributed by atoms with Gasteiger partial charge in [0.2, 0.25) is 5.91 Å². The Kier molecular flexibility index (Phi) is 60.7. The van der Waals surface area contributed by atoms with Crippen molar-refractivity contribution in [3.8, 4) is 0 Å². The molecule has 0 saturated carbocycles. The van der Waals surface area contributed by atoms with Crippen LogP contribution >= 0.6 is 0 Å². The lowest BCUT2D eigenvalue weighted by molar-refractivity contribution is -0.123. The number of nitrogens with one attached hydrogen (secondary N) is 1. The van der Waals surface area contributed by atoms with E-state index in [9.17, 15) is 15.0 Å². The average molecular weight is 993 g/mol. The minimum atomic E-state index is -0.871. The molecule has 4 nitrogen and oxygen atoms in total. The first-order chi connectivity index (χ1) is 35.2. The first-order valence-electron chi connectivity index (χ1n) is 32.0. The fourth-order valence-corrected chi connectivity index (χ4v) is 9.83. The van der Waals surface area contributed by atoms with Crippen LogP contribution in [0.3, 0.4) is 0 Å². The second-order valence-corrected chi connectivity index (χ2v) is 21.8.